The van der Waals surface area contributed by atoms with Crippen LogP contribution in [0.25, 0.3) is 10.9 Å². The topological polar surface area (TPSA) is 100 Å². The van der Waals surface area contributed by atoms with Gasteiger partial charge in [-0.25, -0.2) is 0 Å². The molecule has 1 aromatic carbocycles. The molecule has 0 fully saturated rings. The number of primary amides is 1. The highest BCUT2D eigenvalue weighted by atomic mass is 32.1. The van der Waals surface area contributed by atoms with E-state index in [2.05, 4.69) is 15.6 Å². The fourth-order valence-electron chi connectivity index (χ4n) is 3.07. The summed E-state index contributed by atoms with van der Waals surface area (Å²) >= 11 is 5.55. The van der Waals surface area contributed by atoms with Crippen LogP contribution in [0, 0.1) is 0 Å². The first-order valence-corrected chi connectivity index (χ1v) is 9.59. The van der Waals surface area contributed by atoms with Crippen molar-refractivity contribution in [3.8, 4) is 0 Å². The molecule has 1 amide bonds. The van der Waals surface area contributed by atoms with Gasteiger partial charge in [0.05, 0.1) is 17.1 Å². The Bertz CT molecular complexity index is 815. The van der Waals surface area contributed by atoms with E-state index in [1.807, 2.05) is 44.3 Å². The highest BCUT2D eigenvalue weighted by Crippen LogP contribution is 2.19. The van der Waals surface area contributed by atoms with Gasteiger partial charge in [-0.05, 0) is 25.0 Å². The van der Waals surface area contributed by atoms with E-state index >= 15 is 0 Å². The number of hydrogen-bond acceptors (Lipinski definition) is 4. The lowest BCUT2D eigenvalue weighted by Crippen LogP contribution is -2.51. The van der Waals surface area contributed by atoms with Gasteiger partial charge < -0.3 is 21.4 Å². The summed E-state index contributed by atoms with van der Waals surface area (Å²) in [5, 5.41) is 7.64. The minimum Gasteiger partial charge on any atom is -0.370 e. The van der Waals surface area contributed by atoms with Crippen molar-refractivity contribution < 1.29 is 9.59 Å². The Labute approximate surface area is 165 Å². The molecule has 0 unspecified atom stereocenters. The van der Waals surface area contributed by atoms with Gasteiger partial charge in [-0.1, -0.05) is 44.3 Å². The summed E-state index contributed by atoms with van der Waals surface area (Å²) in [7, 11) is 0. The quantitative estimate of drug-likeness (QED) is 0.468. The molecule has 2 atom stereocenters. The van der Waals surface area contributed by atoms with E-state index in [0.29, 0.717) is 17.8 Å². The Hall–Kier alpha value is -2.25. The monoisotopic (exact) mass is 388 g/mol. The molecule has 0 radical (unpaired) electrons. The lowest BCUT2D eigenvalue weighted by Gasteiger charge is -2.26. The van der Waals surface area contributed by atoms with Crippen LogP contribution in [0.3, 0.4) is 0 Å². The SMILES string of the molecule is CC(=O)[C@H](Cc1c[nH]c2ccccc12)NC(=S)[C@H](CCC(N)=O)NC(C)C. The number of hydrogen-bond donors (Lipinski definition) is 4. The number of nitrogens with one attached hydrogen (secondary N) is 3. The number of carbonyl (C=O) groups excluding carboxylic acids is 2. The van der Waals surface area contributed by atoms with Crippen LogP contribution in [0.1, 0.15) is 39.2 Å². The van der Waals surface area contributed by atoms with Gasteiger partial charge in [0, 0.05) is 36.0 Å². The van der Waals surface area contributed by atoms with Crippen LogP contribution in [0.5, 0.6) is 0 Å². The van der Waals surface area contributed by atoms with Gasteiger partial charge in [-0.3, -0.25) is 9.59 Å². The normalized spacial score (nSPS) is 13.5. The number of amides is 1. The van der Waals surface area contributed by atoms with Crippen LogP contribution < -0.4 is 16.4 Å². The second kappa shape index (κ2) is 9.62. The van der Waals surface area contributed by atoms with Crippen molar-refractivity contribution in [1.82, 2.24) is 15.6 Å². The summed E-state index contributed by atoms with van der Waals surface area (Å²) in [4.78, 5) is 27.1. The fraction of sp³-hybridized carbons (Fsp3) is 0.450. The molecular weight excluding hydrogens is 360 g/mol. The van der Waals surface area contributed by atoms with Crippen LogP contribution in [-0.2, 0) is 16.0 Å². The van der Waals surface area contributed by atoms with Gasteiger partial charge in [-0.2, -0.15) is 0 Å². The van der Waals surface area contributed by atoms with Gasteiger partial charge in [-0.15, -0.1) is 0 Å². The van der Waals surface area contributed by atoms with Crippen molar-refractivity contribution >= 4 is 39.8 Å². The number of benzene rings is 1. The minimum absolute atomic E-state index is 0.0147. The number of aromatic nitrogens is 1. The molecule has 2 aromatic rings. The smallest absolute Gasteiger partial charge is 0.217 e. The first kappa shape index (κ1) is 21.1. The Balaban J connectivity index is 2.12. The van der Waals surface area contributed by atoms with E-state index in [4.69, 9.17) is 18.0 Å². The van der Waals surface area contributed by atoms with Gasteiger partial charge in [0.2, 0.25) is 5.91 Å². The lowest BCUT2D eigenvalue weighted by atomic mass is 10.0. The third-order valence-electron chi connectivity index (χ3n) is 4.44. The third-order valence-corrected chi connectivity index (χ3v) is 4.84. The number of nitrogens with two attached hydrogens (primary N) is 1. The highest BCUT2D eigenvalue weighted by Gasteiger charge is 2.23. The molecule has 0 spiro atoms. The van der Waals surface area contributed by atoms with Crippen LogP contribution in [0.15, 0.2) is 30.5 Å². The van der Waals surface area contributed by atoms with Gasteiger partial charge in [0.25, 0.3) is 0 Å². The average Bonchev–Trinajstić information content (AvgIpc) is 3.00. The summed E-state index contributed by atoms with van der Waals surface area (Å²) in [6.45, 7) is 5.58. The Morgan fingerprint density at radius 3 is 2.56 bits per heavy atom. The molecule has 0 aliphatic rings. The van der Waals surface area contributed by atoms with Gasteiger partial charge >= 0.3 is 0 Å². The predicted octanol–water partition coefficient (Wildman–Crippen LogP) is 2.22. The van der Waals surface area contributed by atoms with E-state index in [-0.39, 0.29) is 30.2 Å². The van der Waals surface area contributed by atoms with Crippen molar-refractivity contribution in [3.05, 3.63) is 36.0 Å². The van der Waals surface area contributed by atoms with Crippen molar-refractivity contribution in [2.24, 2.45) is 5.73 Å². The molecule has 27 heavy (non-hydrogen) atoms. The maximum Gasteiger partial charge on any atom is 0.217 e. The molecular formula is C20H28N4O2S. The number of thiocarbonyl (C=S) groups is 1. The molecule has 6 nitrogen and oxygen atoms in total. The van der Waals surface area contributed by atoms with Crippen molar-refractivity contribution in [1.29, 1.82) is 0 Å². The zero-order chi connectivity index (χ0) is 20.0. The second-order valence-corrected chi connectivity index (χ2v) is 7.55. The van der Waals surface area contributed by atoms with E-state index < -0.39 is 6.04 Å². The maximum atomic E-state index is 12.2. The van der Waals surface area contributed by atoms with Gasteiger partial charge in [0.1, 0.15) is 0 Å². The first-order chi connectivity index (χ1) is 12.8. The van der Waals surface area contributed by atoms with E-state index in [0.717, 1.165) is 16.5 Å². The van der Waals surface area contributed by atoms with Gasteiger partial charge in [0.15, 0.2) is 5.78 Å². The number of para-hydroxylation sites is 1. The molecule has 1 heterocycles. The number of rotatable bonds is 10. The van der Waals surface area contributed by atoms with Crippen LogP contribution >= 0.6 is 12.2 Å². The highest BCUT2D eigenvalue weighted by molar-refractivity contribution is 7.80. The number of fused-ring (bicyclic) bond motifs is 1. The second-order valence-electron chi connectivity index (χ2n) is 7.11. The predicted molar refractivity (Wildman–Crippen MR) is 113 cm³/mol. The average molecular weight is 389 g/mol. The molecule has 0 bridgehead atoms. The van der Waals surface area contributed by atoms with E-state index in [1.54, 1.807) is 6.92 Å². The molecule has 5 N–H and O–H groups in total. The molecule has 0 aliphatic heterocycles. The molecule has 1 aromatic heterocycles. The molecule has 0 aliphatic carbocycles. The summed E-state index contributed by atoms with van der Waals surface area (Å²) in [5.74, 6) is -0.351. The zero-order valence-electron chi connectivity index (χ0n) is 16.0. The van der Waals surface area contributed by atoms with E-state index in [1.165, 1.54) is 0 Å². The lowest BCUT2D eigenvalue weighted by molar-refractivity contribution is -0.119. The van der Waals surface area contributed by atoms with E-state index in [9.17, 15) is 9.59 Å². The number of aromatic amines is 1. The Morgan fingerprint density at radius 1 is 1.22 bits per heavy atom. The molecule has 0 saturated carbocycles. The Kier molecular flexibility index (Phi) is 7.50. The standard InChI is InChI=1S/C20H28N4O2S/c1-12(2)23-17(8-9-19(21)26)20(27)24-18(13(3)25)10-14-11-22-16-7-5-4-6-15(14)16/h4-7,11-12,17-18,22-23H,8-10H2,1-3H3,(H2,21,26)(H,24,27)/t17-,18-/m0/s1. The minimum atomic E-state index is -0.429. The number of H-pyrrole nitrogens is 1. The van der Waals surface area contributed by atoms with Crippen LogP contribution in [-0.4, -0.2) is 39.8 Å². The van der Waals surface area contributed by atoms with Crippen molar-refractivity contribution in [2.75, 3.05) is 0 Å². The number of ketones is 1. The third kappa shape index (κ3) is 6.15. The molecule has 0 saturated heterocycles. The molecule has 146 valence electrons. The zero-order valence-corrected chi connectivity index (χ0v) is 16.9. The summed E-state index contributed by atoms with van der Waals surface area (Å²) < 4.78 is 0. The number of carbonyl (C=O) groups is 2. The summed E-state index contributed by atoms with van der Waals surface area (Å²) in [6.07, 6.45) is 3.20. The van der Waals surface area contributed by atoms with Crippen molar-refractivity contribution in [2.45, 2.75) is 58.2 Å². The maximum absolute atomic E-state index is 12.2. The largest absolute Gasteiger partial charge is 0.370 e. The number of Topliss-reactive ketones (excluding diaryl/α,β-unsaturated/α-hetero) is 1. The fourth-order valence-corrected chi connectivity index (χ4v) is 3.40. The summed E-state index contributed by atoms with van der Waals surface area (Å²) in [6, 6.07) is 7.54. The van der Waals surface area contributed by atoms with Crippen molar-refractivity contribution in [3.63, 3.8) is 0 Å². The Morgan fingerprint density at radius 2 is 1.93 bits per heavy atom. The van der Waals surface area contributed by atoms with Crippen LogP contribution in [0.2, 0.25) is 0 Å². The first-order valence-electron chi connectivity index (χ1n) is 9.18. The molecule has 7 heteroatoms. The molecule has 2 rings (SSSR count). The summed E-state index contributed by atoms with van der Waals surface area (Å²) in [5.41, 5.74) is 7.38. The van der Waals surface area contributed by atoms with Crippen LogP contribution in [0.4, 0.5) is 0 Å².